The van der Waals surface area contributed by atoms with Gasteiger partial charge >= 0.3 is 0 Å². The lowest BCUT2D eigenvalue weighted by Crippen LogP contribution is -2.04. The van der Waals surface area contributed by atoms with E-state index in [1.54, 1.807) is 30.3 Å². The number of hydrogen-bond acceptors (Lipinski definition) is 3. The van der Waals surface area contributed by atoms with Crippen molar-refractivity contribution in [2.45, 2.75) is 4.90 Å². The van der Waals surface area contributed by atoms with Crippen LogP contribution in [0.15, 0.2) is 76.1 Å². The second-order valence-corrected chi connectivity index (χ2v) is 7.77. The molecule has 3 aromatic carbocycles. The van der Waals surface area contributed by atoms with Gasteiger partial charge < -0.3 is 4.72 Å². The highest BCUT2D eigenvalue weighted by Gasteiger charge is 2.14. The van der Waals surface area contributed by atoms with Gasteiger partial charge in [-0.15, -0.1) is 0 Å². The van der Waals surface area contributed by atoms with Crippen molar-refractivity contribution in [3.63, 3.8) is 0 Å². The Balaban J connectivity index is 1.86. The van der Waals surface area contributed by atoms with Crippen molar-refractivity contribution in [3.05, 3.63) is 92.4 Å². The van der Waals surface area contributed by atoms with Gasteiger partial charge in [-0.05, 0) is 48.3 Å². The number of anilines is 1. The monoisotopic (exact) mass is 451 g/mol. The van der Waals surface area contributed by atoms with Crippen LogP contribution in [0.25, 0.3) is 0 Å². The fourth-order valence-electron chi connectivity index (χ4n) is 2.20. The van der Waals surface area contributed by atoms with Crippen LogP contribution in [0.5, 0.6) is 0 Å². The zero-order chi connectivity index (χ0) is 17.8. The maximum Gasteiger partial charge on any atom is 0.195 e. The predicted molar refractivity (Wildman–Crippen MR) is 110 cm³/mol. The highest BCUT2D eigenvalue weighted by Crippen LogP contribution is 2.31. The molecular formula is C19H12BrCl2NOS. The molecule has 0 aliphatic heterocycles. The molecule has 126 valence electrons. The first-order chi connectivity index (χ1) is 12.0. The van der Waals surface area contributed by atoms with E-state index in [1.165, 1.54) is 11.9 Å². The van der Waals surface area contributed by atoms with Gasteiger partial charge in [-0.3, -0.25) is 4.79 Å². The van der Waals surface area contributed by atoms with Crippen molar-refractivity contribution in [2.75, 3.05) is 4.72 Å². The van der Waals surface area contributed by atoms with E-state index in [0.29, 0.717) is 21.2 Å². The first kappa shape index (κ1) is 18.3. The summed E-state index contributed by atoms with van der Waals surface area (Å²) < 4.78 is 4.12. The largest absolute Gasteiger partial charge is 0.325 e. The lowest BCUT2D eigenvalue weighted by molar-refractivity contribution is 0.103. The molecule has 2 nitrogen and oxygen atoms in total. The van der Waals surface area contributed by atoms with Crippen molar-refractivity contribution in [1.29, 1.82) is 0 Å². The SMILES string of the molecule is O=C(c1ccccc1)c1ccc(Br)cc1NSc1ccc(Cl)c(Cl)c1. The van der Waals surface area contributed by atoms with E-state index in [-0.39, 0.29) is 5.78 Å². The smallest absolute Gasteiger partial charge is 0.195 e. The summed E-state index contributed by atoms with van der Waals surface area (Å²) in [6.45, 7) is 0. The van der Waals surface area contributed by atoms with Gasteiger partial charge in [0.25, 0.3) is 0 Å². The molecule has 25 heavy (non-hydrogen) atoms. The topological polar surface area (TPSA) is 29.1 Å². The Hall–Kier alpha value is -1.46. The molecule has 0 radical (unpaired) electrons. The van der Waals surface area contributed by atoms with E-state index in [4.69, 9.17) is 23.2 Å². The number of hydrogen-bond donors (Lipinski definition) is 1. The molecule has 0 spiro atoms. The number of ketones is 1. The van der Waals surface area contributed by atoms with E-state index < -0.39 is 0 Å². The summed E-state index contributed by atoms with van der Waals surface area (Å²) in [6, 6.07) is 20.1. The molecule has 0 saturated heterocycles. The molecule has 3 rings (SSSR count). The highest BCUT2D eigenvalue weighted by atomic mass is 79.9. The van der Waals surface area contributed by atoms with E-state index in [2.05, 4.69) is 20.7 Å². The van der Waals surface area contributed by atoms with Gasteiger partial charge in [-0.25, -0.2) is 0 Å². The summed E-state index contributed by atoms with van der Waals surface area (Å²) in [5.41, 5.74) is 1.97. The Kier molecular flexibility index (Phi) is 6.07. The third kappa shape index (κ3) is 4.59. The zero-order valence-corrected chi connectivity index (χ0v) is 16.7. The summed E-state index contributed by atoms with van der Waals surface area (Å²) in [5, 5.41) is 0.997. The van der Waals surface area contributed by atoms with Crippen LogP contribution in [0.4, 0.5) is 5.69 Å². The van der Waals surface area contributed by atoms with Crippen LogP contribution >= 0.6 is 51.1 Å². The molecular weight excluding hydrogens is 441 g/mol. The standard InChI is InChI=1S/C19H12BrCl2NOS/c20-13-6-8-15(19(24)12-4-2-1-3-5-12)18(10-13)23-25-14-7-9-16(21)17(22)11-14/h1-11,23H. The number of benzene rings is 3. The molecule has 1 N–H and O–H groups in total. The second kappa shape index (κ2) is 8.28. The Morgan fingerprint density at radius 3 is 2.40 bits per heavy atom. The van der Waals surface area contributed by atoms with E-state index in [1.807, 2.05) is 36.4 Å². The van der Waals surface area contributed by atoms with Gasteiger partial charge in [-0.2, -0.15) is 0 Å². The molecule has 0 fully saturated rings. The Morgan fingerprint density at radius 1 is 0.920 bits per heavy atom. The van der Waals surface area contributed by atoms with Crippen LogP contribution < -0.4 is 4.72 Å². The van der Waals surface area contributed by atoms with Gasteiger partial charge in [0.2, 0.25) is 0 Å². The van der Waals surface area contributed by atoms with Crippen molar-refractivity contribution in [3.8, 4) is 0 Å². The van der Waals surface area contributed by atoms with Crippen molar-refractivity contribution >= 4 is 62.6 Å². The molecule has 0 aliphatic carbocycles. The van der Waals surface area contributed by atoms with Crippen LogP contribution in [0, 0.1) is 0 Å². The van der Waals surface area contributed by atoms with Crippen LogP contribution in [-0.4, -0.2) is 5.78 Å². The molecule has 0 aromatic heterocycles. The number of carbonyl (C=O) groups excluding carboxylic acids is 1. The Labute approximate surface area is 168 Å². The molecule has 0 saturated carbocycles. The van der Waals surface area contributed by atoms with Crippen LogP contribution in [0.1, 0.15) is 15.9 Å². The predicted octanol–water partition coefficient (Wildman–Crippen LogP) is 7.11. The molecule has 0 bridgehead atoms. The normalized spacial score (nSPS) is 10.5. The summed E-state index contributed by atoms with van der Waals surface area (Å²) in [4.78, 5) is 13.7. The first-order valence-corrected chi connectivity index (χ1v) is 9.68. The minimum absolute atomic E-state index is 0.0367. The lowest BCUT2D eigenvalue weighted by atomic mass is 10.0. The van der Waals surface area contributed by atoms with Gasteiger partial charge in [-0.1, -0.05) is 69.5 Å². The minimum Gasteiger partial charge on any atom is -0.325 e. The van der Waals surface area contributed by atoms with Crippen LogP contribution in [0.3, 0.4) is 0 Å². The van der Waals surface area contributed by atoms with Crippen LogP contribution in [0.2, 0.25) is 10.0 Å². The number of carbonyl (C=O) groups is 1. The average Bonchev–Trinajstić information content (AvgIpc) is 2.63. The third-order valence-electron chi connectivity index (χ3n) is 3.43. The zero-order valence-electron chi connectivity index (χ0n) is 12.8. The third-order valence-corrected chi connectivity index (χ3v) is 5.48. The van der Waals surface area contributed by atoms with Gasteiger partial charge in [0.15, 0.2) is 5.78 Å². The maximum atomic E-state index is 12.8. The molecule has 6 heteroatoms. The summed E-state index contributed by atoms with van der Waals surface area (Å²) in [7, 11) is 0. The summed E-state index contributed by atoms with van der Waals surface area (Å²) in [5.74, 6) is -0.0367. The van der Waals surface area contributed by atoms with Gasteiger partial charge in [0.05, 0.1) is 15.7 Å². The fraction of sp³-hybridized carbons (Fsp3) is 0. The molecule has 0 heterocycles. The van der Waals surface area contributed by atoms with Crippen LogP contribution in [-0.2, 0) is 0 Å². The summed E-state index contributed by atoms with van der Waals surface area (Å²) >= 11 is 16.8. The van der Waals surface area contributed by atoms with Gasteiger partial charge in [0, 0.05) is 20.5 Å². The quantitative estimate of drug-likeness (QED) is 0.330. The Bertz CT molecular complexity index is 919. The van der Waals surface area contributed by atoms with Crippen molar-refractivity contribution < 1.29 is 4.79 Å². The van der Waals surface area contributed by atoms with E-state index in [0.717, 1.165) is 15.1 Å². The summed E-state index contributed by atoms with van der Waals surface area (Å²) in [6.07, 6.45) is 0. The minimum atomic E-state index is -0.0367. The molecule has 0 aliphatic rings. The average molecular weight is 453 g/mol. The van der Waals surface area contributed by atoms with Crippen molar-refractivity contribution in [1.82, 2.24) is 0 Å². The van der Waals surface area contributed by atoms with E-state index >= 15 is 0 Å². The highest BCUT2D eigenvalue weighted by molar-refractivity contribution is 9.10. The number of rotatable bonds is 5. The van der Waals surface area contributed by atoms with Gasteiger partial charge in [0.1, 0.15) is 0 Å². The Morgan fingerprint density at radius 2 is 1.68 bits per heavy atom. The van der Waals surface area contributed by atoms with Crippen molar-refractivity contribution in [2.24, 2.45) is 0 Å². The maximum absolute atomic E-state index is 12.8. The molecule has 0 unspecified atom stereocenters. The molecule has 0 atom stereocenters. The molecule has 3 aromatic rings. The number of halogens is 3. The number of nitrogens with one attached hydrogen (secondary N) is 1. The lowest BCUT2D eigenvalue weighted by Gasteiger charge is -2.12. The second-order valence-electron chi connectivity index (χ2n) is 5.17. The first-order valence-electron chi connectivity index (χ1n) is 7.32. The molecule has 0 amide bonds. The van der Waals surface area contributed by atoms with E-state index in [9.17, 15) is 4.79 Å². The fourth-order valence-corrected chi connectivity index (χ4v) is 3.63.